The van der Waals surface area contributed by atoms with Gasteiger partial charge in [-0.3, -0.25) is 0 Å². The lowest BCUT2D eigenvalue weighted by Crippen LogP contribution is -2.36. The summed E-state index contributed by atoms with van der Waals surface area (Å²) in [5.74, 6) is 0.343. The molecule has 1 aliphatic rings. The lowest BCUT2D eigenvalue weighted by atomic mass is 9.89. The van der Waals surface area contributed by atoms with Gasteiger partial charge in [0.2, 0.25) is 0 Å². The number of carbonyl (C=O) groups is 1. The van der Waals surface area contributed by atoms with Crippen molar-refractivity contribution in [1.29, 1.82) is 0 Å². The molecule has 0 aromatic heterocycles. The van der Waals surface area contributed by atoms with E-state index in [0.717, 1.165) is 19.1 Å². The lowest BCUT2D eigenvalue weighted by molar-refractivity contribution is -0.131. The average Bonchev–Trinajstić information content (AvgIpc) is 2.21. The van der Waals surface area contributed by atoms with E-state index in [9.17, 15) is 4.79 Å². The Morgan fingerprint density at radius 1 is 1.50 bits per heavy atom. The molecule has 1 saturated carbocycles. The third-order valence-corrected chi connectivity index (χ3v) is 3.03. The monoisotopic (exact) mass is 170 g/mol. The highest BCUT2D eigenvalue weighted by atomic mass is 16.5. The van der Waals surface area contributed by atoms with Crippen molar-refractivity contribution in [2.45, 2.75) is 39.2 Å². The molecule has 12 heavy (non-hydrogen) atoms. The summed E-state index contributed by atoms with van der Waals surface area (Å²) in [6.45, 7) is 6.47. The van der Waals surface area contributed by atoms with Crippen LogP contribution in [0.15, 0.2) is 0 Å². The number of methoxy groups -OCH3 is 1. The van der Waals surface area contributed by atoms with E-state index >= 15 is 0 Å². The molecule has 0 bridgehead atoms. The molecule has 2 atom stereocenters. The zero-order chi connectivity index (χ0) is 9.41. The molecule has 0 spiro atoms. The zero-order valence-corrected chi connectivity index (χ0v) is 8.39. The van der Waals surface area contributed by atoms with Crippen LogP contribution in [0, 0.1) is 11.3 Å². The fourth-order valence-electron chi connectivity index (χ4n) is 2.48. The predicted octanol–water partition coefficient (Wildman–Crippen LogP) is 2.03. The lowest BCUT2D eigenvalue weighted by Gasteiger charge is -2.26. The molecular weight excluding hydrogens is 152 g/mol. The summed E-state index contributed by atoms with van der Waals surface area (Å²) in [5.41, 5.74) is -0.264. The molecule has 70 valence electrons. The Balaban J connectivity index is 2.86. The molecule has 2 unspecified atom stereocenters. The van der Waals surface area contributed by atoms with Crippen LogP contribution in [0.1, 0.15) is 33.6 Å². The van der Waals surface area contributed by atoms with E-state index in [2.05, 4.69) is 20.8 Å². The Morgan fingerprint density at radius 3 is 2.25 bits per heavy atom. The van der Waals surface area contributed by atoms with Crippen molar-refractivity contribution in [1.82, 2.24) is 0 Å². The third kappa shape index (κ3) is 1.40. The van der Waals surface area contributed by atoms with Crippen LogP contribution < -0.4 is 0 Å². The van der Waals surface area contributed by atoms with E-state index in [1.54, 1.807) is 7.11 Å². The van der Waals surface area contributed by atoms with Crippen molar-refractivity contribution < 1.29 is 9.53 Å². The van der Waals surface area contributed by atoms with Crippen molar-refractivity contribution in [3.63, 3.8) is 0 Å². The highest BCUT2D eigenvalue weighted by Gasteiger charge is 2.48. The summed E-state index contributed by atoms with van der Waals surface area (Å²) >= 11 is 0. The SMILES string of the molecule is COC1(C=O)CC(C)(C)CC1C. The maximum Gasteiger partial charge on any atom is 0.152 e. The molecule has 0 radical (unpaired) electrons. The number of hydrogen-bond acceptors (Lipinski definition) is 2. The van der Waals surface area contributed by atoms with Gasteiger partial charge >= 0.3 is 0 Å². The quantitative estimate of drug-likeness (QED) is 0.593. The standard InChI is InChI=1S/C10H18O2/c1-8-5-9(2,3)6-10(8,7-11)12-4/h7-8H,5-6H2,1-4H3. The minimum absolute atomic E-state index is 0.246. The molecule has 0 aromatic rings. The number of aldehydes is 1. The average molecular weight is 170 g/mol. The first kappa shape index (κ1) is 9.72. The summed E-state index contributed by atoms with van der Waals surface area (Å²) in [6, 6.07) is 0. The third-order valence-electron chi connectivity index (χ3n) is 3.03. The van der Waals surface area contributed by atoms with Gasteiger partial charge in [-0.1, -0.05) is 20.8 Å². The minimum atomic E-state index is -0.510. The van der Waals surface area contributed by atoms with Gasteiger partial charge < -0.3 is 9.53 Å². The van der Waals surface area contributed by atoms with Crippen molar-refractivity contribution in [3.05, 3.63) is 0 Å². The van der Waals surface area contributed by atoms with E-state index in [1.165, 1.54) is 0 Å². The predicted molar refractivity (Wildman–Crippen MR) is 48.0 cm³/mol. The molecule has 2 nitrogen and oxygen atoms in total. The molecule has 1 rings (SSSR count). The summed E-state index contributed by atoms with van der Waals surface area (Å²) < 4.78 is 5.33. The molecule has 0 saturated heterocycles. The van der Waals surface area contributed by atoms with Gasteiger partial charge in [0, 0.05) is 7.11 Å². The smallest absolute Gasteiger partial charge is 0.152 e. The molecule has 2 heteroatoms. The number of hydrogen-bond donors (Lipinski definition) is 0. The summed E-state index contributed by atoms with van der Waals surface area (Å²) in [5, 5.41) is 0. The number of ether oxygens (including phenoxy) is 1. The summed E-state index contributed by atoms with van der Waals surface area (Å²) in [6.07, 6.45) is 2.90. The molecule has 0 heterocycles. The van der Waals surface area contributed by atoms with Crippen LogP contribution in [0.4, 0.5) is 0 Å². The summed E-state index contributed by atoms with van der Waals surface area (Å²) in [4.78, 5) is 10.9. The topological polar surface area (TPSA) is 26.3 Å². The Labute approximate surface area is 74.3 Å². The van der Waals surface area contributed by atoms with E-state index in [1.807, 2.05) is 0 Å². The molecule has 1 aliphatic carbocycles. The van der Waals surface area contributed by atoms with Gasteiger partial charge in [-0.15, -0.1) is 0 Å². The molecule has 0 amide bonds. The van der Waals surface area contributed by atoms with Crippen LogP contribution in [-0.2, 0) is 9.53 Å². The molecular formula is C10H18O2. The fraction of sp³-hybridized carbons (Fsp3) is 0.900. The first-order valence-corrected chi connectivity index (χ1v) is 4.47. The van der Waals surface area contributed by atoms with Crippen molar-refractivity contribution in [2.24, 2.45) is 11.3 Å². The first-order chi connectivity index (χ1) is 5.46. The van der Waals surface area contributed by atoms with Crippen molar-refractivity contribution in [3.8, 4) is 0 Å². The molecule has 0 aromatic carbocycles. The Hall–Kier alpha value is -0.370. The van der Waals surface area contributed by atoms with E-state index in [0.29, 0.717) is 5.92 Å². The Morgan fingerprint density at radius 2 is 2.08 bits per heavy atom. The normalized spacial score (nSPS) is 39.8. The van der Waals surface area contributed by atoms with Crippen LogP contribution in [0.25, 0.3) is 0 Å². The Bertz CT molecular complexity index is 186. The second-order valence-electron chi connectivity index (χ2n) is 4.72. The van der Waals surface area contributed by atoms with Gasteiger partial charge in [-0.05, 0) is 24.2 Å². The van der Waals surface area contributed by atoms with Crippen LogP contribution in [-0.4, -0.2) is 19.0 Å². The summed E-state index contributed by atoms with van der Waals surface area (Å²) in [7, 11) is 1.63. The van der Waals surface area contributed by atoms with Crippen LogP contribution in [0.2, 0.25) is 0 Å². The number of rotatable bonds is 2. The van der Waals surface area contributed by atoms with E-state index in [-0.39, 0.29) is 5.41 Å². The van der Waals surface area contributed by atoms with Crippen molar-refractivity contribution in [2.75, 3.05) is 7.11 Å². The fourth-order valence-corrected chi connectivity index (χ4v) is 2.48. The second kappa shape index (κ2) is 2.84. The van der Waals surface area contributed by atoms with Gasteiger partial charge in [0.25, 0.3) is 0 Å². The van der Waals surface area contributed by atoms with Crippen LogP contribution in [0.5, 0.6) is 0 Å². The highest BCUT2D eigenvalue weighted by molar-refractivity contribution is 5.64. The minimum Gasteiger partial charge on any atom is -0.370 e. The van der Waals surface area contributed by atoms with Gasteiger partial charge in [-0.2, -0.15) is 0 Å². The zero-order valence-electron chi connectivity index (χ0n) is 8.39. The van der Waals surface area contributed by atoms with Crippen LogP contribution >= 0.6 is 0 Å². The van der Waals surface area contributed by atoms with Gasteiger partial charge in [0.15, 0.2) is 6.29 Å². The Kier molecular flexibility index (Phi) is 2.30. The van der Waals surface area contributed by atoms with Crippen LogP contribution in [0.3, 0.4) is 0 Å². The molecule has 0 aliphatic heterocycles. The first-order valence-electron chi connectivity index (χ1n) is 4.47. The van der Waals surface area contributed by atoms with E-state index in [4.69, 9.17) is 4.74 Å². The largest absolute Gasteiger partial charge is 0.370 e. The molecule has 1 fully saturated rings. The highest BCUT2D eigenvalue weighted by Crippen LogP contribution is 2.47. The van der Waals surface area contributed by atoms with E-state index < -0.39 is 5.60 Å². The molecule has 0 N–H and O–H groups in total. The van der Waals surface area contributed by atoms with Gasteiger partial charge in [-0.25, -0.2) is 0 Å². The van der Waals surface area contributed by atoms with Gasteiger partial charge in [0.05, 0.1) is 0 Å². The van der Waals surface area contributed by atoms with Crippen molar-refractivity contribution >= 4 is 6.29 Å². The maximum absolute atomic E-state index is 10.9. The maximum atomic E-state index is 10.9. The number of carbonyl (C=O) groups excluding carboxylic acids is 1. The second-order valence-corrected chi connectivity index (χ2v) is 4.72. The van der Waals surface area contributed by atoms with Gasteiger partial charge in [0.1, 0.15) is 5.60 Å².